The molecule has 0 aromatic heterocycles. The average molecular weight is 451 g/mol. The lowest BCUT2D eigenvalue weighted by molar-refractivity contribution is -0.137. The fourth-order valence-corrected chi connectivity index (χ4v) is 4.01. The van der Waals surface area contributed by atoms with Crippen molar-refractivity contribution in [2.24, 2.45) is 0 Å². The Morgan fingerprint density at radius 3 is 2.21 bits per heavy atom. The van der Waals surface area contributed by atoms with E-state index in [-0.39, 0.29) is 16.4 Å². The smallest absolute Gasteiger partial charge is 0.416 e. The van der Waals surface area contributed by atoms with E-state index in [2.05, 4.69) is 5.32 Å². The Morgan fingerprint density at radius 2 is 1.76 bits per heavy atom. The number of methoxy groups -OCH3 is 1. The third-order valence-electron chi connectivity index (χ3n) is 3.96. The van der Waals surface area contributed by atoms with Crippen molar-refractivity contribution in [1.82, 2.24) is 0 Å². The van der Waals surface area contributed by atoms with Gasteiger partial charge in [0.15, 0.2) is 0 Å². The SMILES string of the molecule is COc1ccc(N([C@H](C)C(=O)Nc2ccc(C(F)(F)F)cc2)S(C)(=O)=O)cc1Cl. The molecule has 0 aliphatic heterocycles. The van der Waals surface area contributed by atoms with Gasteiger partial charge < -0.3 is 10.1 Å². The maximum absolute atomic E-state index is 12.6. The zero-order chi connectivity index (χ0) is 22.0. The Bertz CT molecular complexity index is 995. The maximum atomic E-state index is 12.6. The predicted molar refractivity (Wildman–Crippen MR) is 105 cm³/mol. The van der Waals surface area contributed by atoms with Crippen molar-refractivity contribution >= 4 is 38.9 Å². The molecule has 0 unspecified atom stereocenters. The van der Waals surface area contributed by atoms with Crippen molar-refractivity contribution < 1.29 is 31.1 Å². The van der Waals surface area contributed by atoms with Crippen molar-refractivity contribution in [2.75, 3.05) is 23.0 Å². The summed E-state index contributed by atoms with van der Waals surface area (Å²) < 4.78 is 68.4. The molecular weight excluding hydrogens is 433 g/mol. The molecule has 0 saturated carbocycles. The van der Waals surface area contributed by atoms with Crippen LogP contribution in [0, 0.1) is 0 Å². The summed E-state index contributed by atoms with van der Waals surface area (Å²) in [5, 5.41) is 2.56. The molecule has 0 fully saturated rings. The largest absolute Gasteiger partial charge is 0.495 e. The number of hydrogen-bond acceptors (Lipinski definition) is 4. The number of amides is 1. The van der Waals surface area contributed by atoms with Gasteiger partial charge in [0, 0.05) is 5.69 Å². The first kappa shape index (κ1) is 22.8. The van der Waals surface area contributed by atoms with Crippen molar-refractivity contribution in [3.63, 3.8) is 0 Å². The Morgan fingerprint density at radius 1 is 1.17 bits per heavy atom. The number of alkyl halides is 3. The molecule has 2 aromatic rings. The van der Waals surface area contributed by atoms with Gasteiger partial charge in [0.25, 0.3) is 0 Å². The summed E-state index contributed by atoms with van der Waals surface area (Å²) in [7, 11) is -2.49. The van der Waals surface area contributed by atoms with Crippen LogP contribution in [0.1, 0.15) is 12.5 Å². The van der Waals surface area contributed by atoms with Crippen LogP contribution in [0.4, 0.5) is 24.5 Å². The molecule has 11 heteroatoms. The van der Waals surface area contributed by atoms with Crippen LogP contribution in [0.25, 0.3) is 0 Å². The Labute approximate surface area is 171 Å². The number of ether oxygens (including phenoxy) is 1. The molecule has 1 atom stereocenters. The zero-order valence-electron chi connectivity index (χ0n) is 15.6. The second-order valence-corrected chi connectivity index (χ2v) is 8.38. The van der Waals surface area contributed by atoms with Crippen LogP contribution in [-0.4, -0.2) is 33.7 Å². The molecule has 0 heterocycles. The fraction of sp³-hybridized carbons (Fsp3) is 0.278. The summed E-state index contributed by atoms with van der Waals surface area (Å²) in [5.74, 6) is -0.409. The van der Waals surface area contributed by atoms with Crippen molar-refractivity contribution in [3.8, 4) is 5.75 Å². The summed E-state index contributed by atoms with van der Waals surface area (Å²) in [6.07, 6.45) is -3.58. The highest BCUT2D eigenvalue weighted by molar-refractivity contribution is 7.92. The molecule has 158 valence electrons. The highest BCUT2D eigenvalue weighted by Crippen LogP contribution is 2.32. The number of anilines is 2. The standard InChI is InChI=1S/C18H18ClF3N2O4S/c1-11(17(25)23-13-6-4-12(5-7-13)18(20,21)22)24(29(3,26)27)14-8-9-16(28-2)15(19)10-14/h4-11H,1-3H3,(H,23,25)/t11-/m1/s1. The van der Waals surface area contributed by atoms with Gasteiger partial charge in [-0.1, -0.05) is 11.6 Å². The van der Waals surface area contributed by atoms with Gasteiger partial charge in [-0.15, -0.1) is 0 Å². The third kappa shape index (κ3) is 5.54. The van der Waals surface area contributed by atoms with E-state index in [1.54, 1.807) is 0 Å². The molecule has 0 saturated heterocycles. The molecule has 1 amide bonds. The minimum Gasteiger partial charge on any atom is -0.495 e. The third-order valence-corrected chi connectivity index (χ3v) is 5.50. The number of nitrogens with one attached hydrogen (secondary N) is 1. The maximum Gasteiger partial charge on any atom is 0.416 e. The van der Waals surface area contributed by atoms with Crippen molar-refractivity contribution in [3.05, 3.63) is 53.1 Å². The first-order valence-electron chi connectivity index (χ1n) is 8.15. The molecular formula is C18H18ClF3N2O4S. The van der Waals surface area contributed by atoms with Crippen LogP contribution in [0.15, 0.2) is 42.5 Å². The Balaban J connectivity index is 2.28. The van der Waals surface area contributed by atoms with E-state index in [0.29, 0.717) is 5.75 Å². The van der Waals surface area contributed by atoms with E-state index in [9.17, 15) is 26.4 Å². The number of nitrogens with zero attached hydrogens (tertiary/aromatic N) is 1. The lowest BCUT2D eigenvalue weighted by Crippen LogP contribution is -2.45. The van der Waals surface area contributed by atoms with Crippen LogP contribution >= 0.6 is 11.6 Å². The van der Waals surface area contributed by atoms with Gasteiger partial charge in [-0.3, -0.25) is 9.10 Å². The topological polar surface area (TPSA) is 75.7 Å². The molecule has 29 heavy (non-hydrogen) atoms. The molecule has 2 rings (SSSR count). The molecule has 0 aliphatic rings. The molecule has 0 aliphatic carbocycles. The van der Waals surface area contributed by atoms with E-state index in [4.69, 9.17) is 16.3 Å². The minimum atomic E-state index is -4.50. The quantitative estimate of drug-likeness (QED) is 0.717. The number of sulfonamides is 1. The van der Waals surface area contributed by atoms with Gasteiger partial charge in [0.2, 0.25) is 15.9 Å². The lowest BCUT2D eigenvalue weighted by Gasteiger charge is -2.28. The number of halogens is 4. The monoisotopic (exact) mass is 450 g/mol. The summed E-state index contributed by atoms with van der Waals surface area (Å²) in [4.78, 5) is 12.6. The molecule has 0 spiro atoms. The van der Waals surface area contributed by atoms with Crippen LogP contribution < -0.4 is 14.4 Å². The van der Waals surface area contributed by atoms with Crippen molar-refractivity contribution in [2.45, 2.75) is 19.1 Å². The number of rotatable bonds is 6. The molecule has 0 bridgehead atoms. The zero-order valence-corrected chi connectivity index (χ0v) is 17.2. The van der Waals surface area contributed by atoms with E-state index in [1.807, 2.05) is 0 Å². The number of benzene rings is 2. The number of carbonyl (C=O) groups excluding carboxylic acids is 1. The predicted octanol–water partition coefficient (Wildman–Crippen LogP) is 4.16. The van der Waals surface area contributed by atoms with E-state index < -0.39 is 33.7 Å². The van der Waals surface area contributed by atoms with Gasteiger partial charge >= 0.3 is 6.18 Å². The second kappa shape index (κ2) is 8.50. The highest BCUT2D eigenvalue weighted by atomic mass is 35.5. The first-order valence-corrected chi connectivity index (χ1v) is 10.4. The molecule has 0 radical (unpaired) electrons. The first-order chi connectivity index (χ1) is 13.3. The Hall–Kier alpha value is -2.46. The number of hydrogen-bond donors (Lipinski definition) is 1. The minimum absolute atomic E-state index is 0.0936. The summed E-state index contributed by atoms with van der Waals surface area (Å²) >= 11 is 6.05. The van der Waals surface area contributed by atoms with Gasteiger partial charge in [-0.25, -0.2) is 8.42 Å². The van der Waals surface area contributed by atoms with Gasteiger partial charge in [-0.2, -0.15) is 13.2 Å². The van der Waals surface area contributed by atoms with Crippen LogP contribution in [0.3, 0.4) is 0 Å². The van der Waals surface area contributed by atoms with Crippen molar-refractivity contribution in [1.29, 1.82) is 0 Å². The summed E-state index contributed by atoms with van der Waals surface area (Å²) in [6, 6.07) is 6.81. The van der Waals surface area contributed by atoms with Gasteiger partial charge in [-0.05, 0) is 49.4 Å². The average Bonchev–Trinajstić information content (AvgIpc) is 2.60. The van der Waals surface area contributed by atoms with Crippen LogP contribution in [0.2, 0.25) is 5.02 Å². The normalized spacial score (nSPS) is 12.9. The van der Waals surface area contributed by atoms with E-state index >= 15 is 0 Å². The lowest BCUT2D eigenvalue weighted by atomic mass is 10.2. The molecule has 2 aromatic carbocycles. The highest BCUT2D eigenvalue weighted by Gasteiger charge is 2.31. The van der Waals surface area contributed by atoms with Gasteiger partial charge in [0.1, 0.15) is 11.8 Å². The van der Waals surface area contributed by atoms with E-state index in [1.165, 1.54) is 32.2 Å². The Kier molecular flexibility index (Phi) is 6.69. The van der Waals surface area contributed by atoms with Crippen LogP contribution in [-0.2, 0) is 21.0 Å². The summed E-state index contributed by atoms with van der Waals surface area (Å²) in [5.41, 5.74) is -0.640. The molecule has 6 nitrogen and oxygen atoms in total. The molecule has 1 N–H and O–H groups in total. The number of carbonyl (C=O) groups is 1. The second-order valence-electron chi connectivity index (χ2n) is 6.12. The van der Waals surface area contributed by atoms with Crippen LogP contribution in [0.5, 0.6) is 5.75 Å². The van der Waals surface area contributed by atoms with E-state index in [0.717, 1.165) is 34.8 Å². The fourth-order valence-electron chi connectivity index (χ4n) is 2.59. The van der Waals surface area contributed by atoms with Gasteiger partial charge in [0.05, 0.1) is 29.6 Å². The summed E-state index contributed by atoms with van der Waals surface area (Å²) in [6.45, 7) is 1.35.